The molecule has 23 heavy (non-hydrogen) atoms. The molecule has 4 heteroatoms. The summed E-state index contributed by atoms with van der Waals surface area (Å²) in [6.45, 7) is 4.81. The summed E-state index contributed by atoms with van der Waals surface area (Å²) in [4.78, 5) is 17.1. The molecular weight excluding hydrogens is 288 g/mol. The van der Waals surface area contributed by atoms with E-state index in [0.29, 0.717) is 12.0 Å². The standard InChI is InChI=1S/C19H28N2O2/c1-14(20(2)3)15-8-10-21(11-9-15)19(22)17-6-7-18-16(13-17)5-4-12-23-18/h6-7,13-15H,4-5,8-12H2,1-3H3. The number of hydrogen-bond donors (Lipinski definition) is 0. The number of ether oxygens (including phenoxy) is 1. The first-order valence-electron chi connectivity index (χ1n) is 8.77. The number of benzene rings is 1. The lowest BCUT2D eigenvalue weighted by atomic mass is 9.89. The number of nitrogens with zero attached hydrogens (tertiary/aromatic N) is 2. The van der Waals surface area contributed by atoms with Crippen LogP contribution in [0.25, 0.3) is 0 Å². The molecule has 2 aliphatic rings. The Bertz CT molecular complexity index is 562. The SMILES string of the molecule is CC(C1CCN(C(=O)c2ccc3c(c2)CCCO3)CC1)N(C)C. The second kappa shape index (κ2) is 6.91. The lowest BCUT2D eigenvalue weighted by molar-refractivity contribution is 0.0641. The predicted octanol–water partition coefficient (Wildman–Crippen LogP) is 2.81. The highest BCUT2D eigenvalue weighted by Gasteiger charge is 2.28. The fourth-order valence-electron chi connectivity index (χ4n) is 3.68. The molecule has 0 aliphatic carbocycles. The van der Waals surface area contributed by atoms with Crippen molar-refractivity contribution in [2.45, 2.75) is 38.6 Å². The zero-order valence-electron chi connectivity index (χ0n) is 14.5. The van der Waals surface area contributed by atoms with Crippen molar-refractivity contribution in [1.29, 1.82) is 0 Å². The van der Waals surface area contributed by atoms with Gasteiger partial charge in [0.1, 0.15) is 5.75 Å². The average molecular weight is 316 g/mol. The van der Waals surface area contributed by atoms with Gasteiger partial charge in [0, 0.05) is 24.7 Å². The van der Waals surface area contributed by atoms with E-state index in [1.165, 1.54) is 5.56 Å². The molecule has 1 aromatic carbocycles. The monoisotopic (exact) mass is 316 g/mol. The van der Waals surface area contributed by atoms with Gasteiger partial charge in [0.05, 0.1) is 6.61 Å². The molecule has 1 aromatic rings. The molecule has 1 amide bonds. The van der Waals surface area contributed by atoms with Gasteiger partial charge in [-0.3, -0.25) is 4.79 Å². The number of hydrogen-bond acceptors (Lipinski definition) is 3. The number of piperidine rings is 1. The lowest BCUT2D eigenvalue weighted by Crippen LogP contribution is -2.43. The molecule has 0 bridgehead atoms. The summed E-state index contributed by atoms with van der Waals surface area (Å²) in [5, 5.41) is 0. The number of likely N-dealkylation sites (tertiary alicyclic amines) is 1. The molecule has 2 aliphatic heterocycles. The van der Waals surface area contributed by atoms with Crippen molar-refractivity contribution in [1.82, 2.24) is 9.80 Å². The summed E-state index contributed by atoms with van der Waals surface area (Å²) in [5.74, 6) is 1.81. The molecule has 1 unspecified atom stereocenters. The minimum absolute atomic E-state index is 0.175. The number of rotatable bonds is 3. The van der Waals surface area contributed by atoms with Gasteiger partial charge in [-0.1, -0.05) is 0 Å². The number of carbonyl (C=O) groups is 1. The molecule has 1 fully saturated rings. The Morgan fingerprint density at radius 1 is 1.30 bits per heavy atom. The first-order valence-corrected chi connectivity index (χ1v) is 8.77. The van der Waals surface area contributed by atoms with E-state index in [1.807, 2.05) is 23.1 Å². The maximum atomic E-state index is 12.8. The third-order valence-corrected chi connectivity index (χ3v) is 5.48. The summed E-state index contributed by atoms with van der Waals surface area (Å²) < 4.78 is 5.64. The first kappa shape index (κ1) is 16.3. The fraction of sp³-hybridized carbons (Fsp3) is 0.632. The zero-order valence-corrected chi connectivity index (χ0v) is 14.5. The first-order chi connectivity index (χ1) is 11.1. The van der Waals surface area contributed by atoms with Crippen molar-refractivity contribution in [2.24, 2.45) is 5.92 Å². The lowest BCUT2D eigenvalue weighted by Gasteiger charge is -2.37. The highest BCUT2D eigenvalue weighted by molar-refractivity contribution is 5.94. The Hall–Kier alpha value is -1.55. The minimum atomic E-state index is 0.175. The molecule has 1 saturated heterocycles. The second-order valence-electron chi connectivity index (χ2n) is 7.11. The maximum absolute atomic E-state index is 12.8. The molecule has 0 saturated carbocycles. The van der Waals surface area contributed by atoms with E-state index in [-0.39, 0.29) is 5.91 Å². The number of carbonyl (C=O) groups excluding carboxylic acids is 1. The van der Waals surface area contributed by atoms with Crippen LogP contribution in [0.5, 0.6) is 5.75 Å². The molecule has 3 rings (SSSR count). The van der Waals surface area contributed by atoms with Crippen LogP contribution in [-0.4, -0.2) is 55.5 Å². The molecule has 0 aromatic heterocycles. The van der Waals surface area contributed by atoms with Crippen LogP contribution in [0, 0.1) is 5.92 Å². The van der Waals surface area contributed by atoms with Crippen LogP contribution >= 0.6 is 0 Å². The second-order valence-corrected chi connectivity index (χ2v) is 7.11. The van der Waals surface area contributed by atoms with Crippen LogP contribution in [0.15, 0.2) is 18.2 Å². The van der Waals surface area contributed by atoms with E-state index in [1.54, 1.807) is 0 Å². The van der Waals surface area contributed by atoms with E-state index in [0.717, 1.165) is 56.7 Å². The molecule has 126 valence electrons. The zero-order chi connectivity index (χ0) is 16.4. The van der Waals surface area contributed by atoms with Crippen LogP contribution in [0.2, 0.25) is 0 Å². The fourth-order valence-corrected chi connectivity index (χ4v) is 3.68. The third kappa shape index (κ3) is 3.52. The third-order valence-electron chi connectivity index (χ3n) is 5.48. The van der Waals surface area contributed by atoms with Crippen LogP contribution in [0.1, 0.15) is 42.1 Å². The molecule has 0 N–H and O–H groups in total. The Morgan fingerprint density at radius 2 is 2.04 bits per heavy atom. The van der Waals surface area contributed by atoms with Crippen molar-refractivity contribution in [3.05, 3.63) is 29.3 Å². The predicted molar refractivity (Wildman–Crippen MR) is 92.0 cm³/mol. The van der Waals surface area contributed by atoms with Crippen LogP contribution in [0.3, 0.4) is 0 Å². The van der Waals surface area contributed by atoms with Gasteiger partial charge in [0.25, 0.3) is 5.91 Å². The van der Waals surface area contributed by atoms with E-state index >= 15 is 0 Å². The summed E-state index contributed by atoms with van der Waals surface area (Å²) in [5.41, 5.74) is 1.99. The van der Waals surface area contributed by atoms with Crippen molar-refractivity contribution >= 4 is 5.91 Å². The summed E-state index contributed by atoms with van der Waals surface area (Å²) in [6.07, 6.45) is 4.25. The average Bonchev–Trinajstić information content (AvgIpc) is 2.60. The van der Waals surface area contributed by atoms with Crippen molar-refractivity contribution in [2.75, 3.05) is 33.8 Å². The summed E-state index contributed by atoms with van der Waals surface area (Å²) in [6, 6.07) is 6.49. The van der Waals surface area contributed by atoms with Crippen LogP contribution < -0.4 is 4.74 Å². The van der Waals surface area contributed by atoms with E-state index in [2.05, 4.69) is 25.9 Å². The van der Waals surface area contributed by atoms with E-state index in [9.17, 15) is 4.79 Å². The molecule has 0 radical (unpaired) electrons. The number of fused-ring (bicyclic) bond motifs is 1. The Kier molecular flexibility index (Phi) is 4.90. The molecule has 4 nitrogen and oxygen atoms in total. The molecule has 0 spiro atoms. The van der Waals surface area contributed by atoms with Gasteiger partial charge in [-0.05, 0) is 76.4 Å². The Labute approximate surface area is 139 Å². The number of amides is 1. The minimum Gasteiger partial charge on any atom is -0.493 e. The maximum Gasteiger partial charge on any atom is 0.253 e. The van der Waals surface area contributed by atoms with E-state index in [4.69, 9.17) is 4.74 Å². The topological polar surface area (TPSA) is 32.8 Å². The molecule has 1 atom stereocenters. The van der Waals surface area contributed by atoms with Gasteiger partial charge >= 0.3 is 0 Å². The summed E-state index contributed by atoms with van der Waals surface area (Å²) in [7, 11) is 4.27. The van der Waals surface area contributed by atoms with Crippen LogP contribution in [-0.2, 0) is 6.42 Å². The van der Waals surface area contributed by atoms with Gasteiger partial charge < -0.3 is 14.5 Å². The van der Waals surface area contributed by atoms with Gasteiger partial charge in [-0.15, -0.1) is 0 Å². The Balaban J connectivity index is 1.63. The highest BCUT2D eigenvalue weighted by Crippen LogP contribution is 2.28. The van der Waals surface area contributed by atoms with Gasteiger partial charge in [0.15, 0.2) is 0 Å². The van der Waals surface area contributed by atoms with Crippen molar-refractivity contribution in [3.63, 3.8) is 0 Å². The quantitative estimate of drug-likeness (QED) is 0.859. The van der Waals surface area contributed by atoms with Crippen molar-refractivity contribution in [3.8, 4) is 5.75 Å². The van der Waals surface area contributed by atoms with Gasteiger partial charge in [0.2, 0.25) is 0 Å². The molecular formula is C19H28N2O2. The smallest absolute Gasteiger partial charge is 0.253 e. The highest BCUT2D eigenvalue weighted by atomic mass is 16.5. The van der Waals surface area contributed by atoms with Gasteiger partial charge in [-0.25, -0.2) is 0 Å². The Morgan fingerprint density at radius 3 is 2.74 bits per heavy atom. The van der Waals surface area contributed by atoms with Gasteiger partial charge in [-0.2, -0.15) is 0 Å². The normalized spacial score (nSPS) is 20.1. The van der Waals surface area contributed by atoms with Crippen molar-refractivity contribution < 1.29 is 9.53 Å². The summed E-state index contributed by atoms with van der Waals surface area (Å²) >= 11 is 0. The number of aryl methyl sites for hydroxylation is 1. The largest absolute Gasteiger partial charge is 0.493 e. The van der Waals surface area contributed by atoms with Crippen LogP contribution in [0.4, 0.5) is 0 Å². The molecule has 2 heterocycles. The van der Waals surface area contributed by atoms with E-state index < -0.39 is 0 Å².